The number of rotatable bonds is 6. The number of hydrogen-bond acceptors (Lipinski definition) is 4. The zero-order valence-electron chi connectivity index (χ0n) is 15.1. The molecule has 130 valence electrons. The number of pyridine rings is 1. The lowest BCUT2D eigenvalue weighted by atomic mass is 10.00. The molecule has 24 heavy (non-hydrogen) atoms. The standard InChI is InChI=1S/C18H26N4O2/c1-10-8-13(10)9-19-15(23)7-6-14-11(2)16-17(20-12(14)3)22(4)21-18(16)24-5/h10,13H,6-9H2,1-5H3,(H,19,23)/t10-,13-/m0/s1. The molecule has 2 atom stereocenters. The number of amides is 1. The number of fused-ring (bicyclic) bond motifs is 1. The minimum Gasteiger partial charge on any atom is -0.479 e. The zero-order chi connectivity index (χ0) is 17.4. The molecule has 1 N–H and O–H groups in total. The third-order valence-electron chi connectivity index (χ3n) is 5.16. The van der Waals surface area contributed by atoms with Gasteiger partial charge in [0.25, 0.3) is 0 Å². The Balaban J connectivity index is 1.75. The van der Waals surface area contributed by atoms with Crippen molar-refractivity contribution in [2.45, 2.75) is 40.0 Å². The van der Waals surface area contributed by atoms with E-state index in [9.17, 15) is 4.79 Å². The van der Waals surface area contributed by atoms with E-state index in [0.29, 0.717) is 24.6 Å². The molecule has 2 aromatic rings. The van der Waals surface area contributed by atoms with Gasteiger partial charge in [0, 0.05) is 25.7 Å². The van der Waals surface area contributed by atoms with E-state index in [1.165, 1.54) is 6.42 Å². The predicted molar refractivity (Wildman–Crippen MR) is 93.1 cm³/mol. The molecule has 0 saturated heterocycles. The van der Waals surface area contributed by atoms with Crippen molar-refractivity contribution in [3.05, 3.63) is 16.8 Å². The number of carbonyl (C=O) groups is 1. The molecule has 3 rings (SSSR count). The Hall–Kier alpha value is -2.11. The van der Waals surface area contributed by atoms with E-state index in [4.69, 9.17) is 4.74 Å². The molecule has 0 aliphatic heterocycles. The molecule has 2 heterocycles. The highest BCUT2D eigenvalue weighted by atomic mass is 16.5. The SMILES string of the molecule is COc1nn(C)c2nc(C)c(CCC(=O)NC[C@@H]3C[C@@H]3C)c(C)c12. The average molecular weight is 330 g/mol. The fourth-order valence-corrected chi connectivity index (χ4v) is 3.36. The van der Waals surface area contributed by atoms with Gasteiger partial charge in [-0.3, -0.25) is 4.79 Å². The van der Waals surface area contributed by atoms with Crippen molar-refractivity contribution >= 4 is 16.9 Å². The maximum Gasteiger partial charge on any atom is 0.242 e. The van der Waals surface area contributed by atoms with Crippen LogP contribution in [-0.4, -0.2) is 34.3 Å². The molecule has 0 spiro atoms. The van der Waals surface area contributed by atoms with Crippen molar-refractivity contribution in [2.75, 3.05) is 13.7 Å². The molecule has 6 heteroatoms. The Morgan fingerprint density at radius 2 is 2.12 bits per heavy atom. The van der Waals surface area contributed by atoms with E-state index in [1.54, 1.807) is 11.8 Å². The topological polar surface area (TPSA) is 69.0 Å². The summed E-state index contributed by atoms with van der Waals surface area (Å²) in [7, 11) is 3.48. The first-order valence-corrected chi connectivity index (χ1v) is 8.55. The second-order valence-electron chi connectivity index (χ2n) is 6.91. The van der Waals surface area contributed by atoms with Crippen LogP contribution in [0.5, 0.6) is 5.88 Å². The molecule has 0 unspecified atom stereocenters. The molecule has 1 saturated carbocycles. The van der Waals surface area contributed by atoms with Gasteiger partial charge in [0.05, 0.1) is 12.5 Å². The Morgan fingerprint density at radius 1 is 1.42 bits per heavy atom. The quantitative estimate of drug-likeness (QED) is 0.882. The highest BCUT2D eigenvalue weighted by Gasteiger charge is 2.32. The Bertz CT molecular complexity index is 781. The number of nitrogens with one attached hydrogen (secondary N) is 1. The largest absolute Gasteiger partial charge is 0.479 e. The molecule has 1 aliphatic rings. The van der Waals surface area contributed by atoms with Crippen LogP contribution < -0.4 is 10.1 Å². The molecule has 2 aromatic heterocycles. The summed E-state index contributed by atoms with van der Waals surface area (Å²) in [5, 5.41) is 8.35. The van der Waals surface area contributed by atoms with Crippen molar-refractivity contribution < 1.29 is 9.53 Å². The summed E-state index contributed by atoms with van der Waals surface area (Å²) < 4.78 is 7.12. The fourth-order valence-electron chi connectivity index (χ4n) is 3.36. The van der Waals surface area contributed by atoms with E-state index < -0.39 is 0 Å². The van der Waals surface area contributed by atoms with Crippen LogP contribution in [-0.2, 0) is 18.3 Å². The van der Waals surface area contributed by atoms with Crippen LogP contribution in [0, 0.1) is 25.7 Å². The van der Waals surface area contributed by atoms with Crippen LogP contribution in [0.4, 0.5) is 0 Å². The van der Waals surface area contributed by atoms with E-state index in [-0.39, 0.29) is 5.91 Å². The number of methoxy groups -OCH3 is 1. The van der Waals surface area contributed by atoms with E-state index >= 15 is 0 Å². The molecule has 6 nitrogen and oxygen atoms in total. The number of aromatic nitrogens is 3. The molecule has 1 amide bonds. The molecule has 1 fully saturated rings. The summed E-state index contributed by atoms with van der Waals surface area (Å²) in [5.74, 6) is 2.15. The van der Waals surface area contributed by atoms with Crippen LogP contribution in [0.2, 0.25) is 0 Å². The van der Waals surface area contributed by atoms with Crippen molar-refractivity contribution in [3.63, 3.8) is 0 Å². The minimum absolute atomic E-state index is 0.117. The van der Waals surface area contributed by atoms with Gasteiger partial charge in [0.15, 0.2) is 5.65 Å². The van der Waals surface area contributed by atoms with Gasteiger partial charge in [-0.2, -0.15) is 0 Å². The average Bonchev–Trinajstić information content (AvgIpc) is 3.16. The number of aryl methyl sites for hydroxylation is 3. The molecule has 0 aromatic carbocycles. The van der Waals surface area contributed by atoms with Crippen LogP contribution in [0.3, 0.4) is 0 Å². The first-order chi connectivity index (χ1) is 11.4. The predicted octanol–water partition coefficient (Wildman–Crippen LogP) is 2.30. The Morgan fingerprint density at radius 3 is 2.75 bits per heavy atom. The van der Waals surface area contributed by atoms with E-state index in [0.717, 1.165) is 40.3 Å². The summed E-state index contributed by atoms with van der Waals surface area (Å²) in [6, 6.07) is 0. The van der Waals surface area contributed by atoms with Gasteiger partial charge in [-0.15, -0.1) is 5.10 Å². The van der Waals surface area contributed by atoms with Crippen LogP contribution >= 0.6 is 0 Å². The molecule has 1 aliphatic carbocycles. The normalized spacial score (nSPS) is 19.5. The number of hydrogen-bond donors (Lipinski definition) is 1. The Labute approximate surface area is 142 Å². The second-order valence-corrected chi connectivity index (χ2v) is 6.91. The minimum atomic E-state index is 0.117. The first kappa shape index (κ1) is 16.7. The van der Waals surface area contributed by atoms with Gasteiger partial charge in [0.1, 0.15) is 0 Å². The lowest BCUT2D eigenvalue weighted by molar-refractivity contribution is -0.121. The van der Waals surface area contributed by atoms with Crippen LogP contribution in [0.1, 0.15) is 36.6 Å². The van der Waals surface area contributed by atoms with Crippen molar-refractivity contribution in [1.29, 1.82) is 0 Å². The number of nitrogens with zero attached hydrogens (tertiary/aromatic N) is 3. The van der Waals surface area contributed by atoms with Crippen LogP contribution in [0.25, 0.3) is 11.0 Å². The van der Waals surface area contributed by atoms with Gasteiger partial charge >= 0.3 is 0 Å². The maximum atomic E-state index is 12.1. The molecular weight excluding hydrogens is 304 g/mol. The third-order valence-corrected chi connectivity index (χ3v) is 5.16. The molecule has 0 radical (unpaired) electrons. The highest BCUT2D eigenvalue weighted by Crippen LogP contribution is 2.36. The Kier molecular flexibility index (Phi) is 4.47. The number of ether oxygens (including phenoxy) is 1. The van der Waals surface area contributed by atoms with Gasteiger partial charge in [-0.25, -0.2) is 9.67 Å². The fraction of sp³-hybridized carbons (Fsp3) is 0.611. The highest BCUT2D eigenvalue weighted by molar-refractivity contribution is 5.86. The van der Waals surface area contributed by atoms with Gasteiger partial charge < -0.3 is 10.1 Å². The molecular formula is C18H26N4O2. The van der Waals surface area contributed by atoms with Crippen LogP contribution in [0.15, 0.2) is 0 Å². The van der Waals surface area contributed by atoms with E-state index in [2.05, 4.69) is 29.2 Å². The monoisotopic (exact) mass is 330 g/mol. The smallest absolute Gasteiger partial charge is 0.242 e. The lowest BCUT2D eigenvalue weighted by Gasteiger charge is -2.11. The van der Waals surface area contributed by atoms with E-state index in [1.807, 2.05) is 14.0 Å². The molecule has 0 bridgehead atoms. The van der Waals surface area contributed by atoms with Crippen molar-refractivity contribution in [3.8, 4) is 5.88 Å². The summed E-state index contributed by atoms with van der Waals surface area (Å²) in [4.78, 5) is 16.8. The first-order valence-electron chi connectivity index (χ1n) is 8.55. The van der Waals surface area contributed by atoms with Gasteiger partial charge in [-0.05, 0) is 49.7 Å². The lowest BCUT2D eigenvalue weighted by Crippen LogP contribution is -2.26. The summed E-state index contributed by atoms with van der Waals surface area (Å²) >= 11 is 0. The van der Waals surface area contributed by atoms with Crippen molar-refractivity contribution in [1.82, 2.24) is 20.1 Å². The second kappa shape index (κ2) is 6.42. The summed E-state index contributed by atoms with van der Waals surface area (Å²) in [6.45, 7) is 7.09. The van der Waals surface area contributed by atoms with Gasteiger partial charge in [-0.1, -0.05) is 6.92 Å². The third kappa shape index (κ3) is 3.09. The van der Waals surface area contributed by atoms with Crippen molar-refractivity contribution in [2.24, 2.45) is 18.9 Å². The number of carbonyl (C=O) groups excluding carboxylic acids is 1. The summed E-state index contributed by atoms with van der Waals surface area (Å²) in [5.41, 5.74) is 3.99. The maximum absolute atomic E-state index is 12.1. The zero-order valence-corrected chi connectivity index (χ0v) is 15.1. The summed E-state index contributed by atoms with van der Waals surface area (Å²) in [6.07, 6.45) is 2.41. The van der Waals surface area contributed by atoms with Gasteiger partial charge in [0.2, 0.25) is 11.8 Å².